The van der Waals surface area contributed by atoms with Crippen molar-refractivity contribution in [2.24, 2.45) is 44.8 Å². The van der Waals surface area contributed by atoms with E-state index in [9.17, 15) is 24.9 Å². The van der Waals surface area contributed by atoms with Crippen LogP contribution in [0.2, 0.25) is 0 Å². The first-order valence-corrected chi connectivity index (χ1v) is 13.6. The molecule has 4 aliphatic carbocycles. The highest BCUT2D eigenvalue weighted by Crippen LogP contribution is 2.72. The molecule has 0 radical (unpaired) electrons. The topological polar surface area (TPSA) is 94.8 Å². The summed E-state index contributed by atoms with van der Waals surface area (Å²) < 4.78 is 0. The smallest absolute Gasteiger partial charge is 0.313 e. The molecule has 0 saturated heterocycles. The lowest BCUT2D eigenvalue weighted by atomic mass is 9.36. The predicted octanol–water partition coefficient (Wildman–Crippen LogP) is 5.55. The number of aliphatic hydroxyl groups is 2. The summed E-state index contributed by atoms with van der Waals surface area (Å²) >= 11 is 0. The molecule has 9 atom stereocenters. The summed E-state index contributed by atoms with van der Waals surface area (Å²) in [5.41, 5.74) is -0.529. The molecule has 0 unspecified atom stereocenters. The largest absolute Gasteiger partial charge is 0.481 e. The van der Waals surface area contributed by atoms with E-state index >= 15 is 0 Å². The van der Waals surface area contributed by atoms with Crippen LogP contribution >= 0.6 is 0 Å². The molecule has 4 aliphatic rings. The first-order chi connectivity index (χ1) is 16.0. The van der Waals surface area contributed by atoms with Gasteiger partial charge >= 0.3 is 5.97 Å². The van der Waals surface area contributed by atoms with Crippen LogP contribution in [0.15, 0.2) is 23.8 Å². The number of hydrogen-bond acceptors (Lipinski definition) is 4. The van der Waals surface area contributed by atoms with Crippen molar-refractivity contribution in [3.8, 4) is 0 Å². The molecule has 35 heavy (non-hydrogen) atoms. The van der Waals surface area contributed by atoms with Crippen LogP contribution in [-0.4, -0.2) is 39.3 Å². The minimum absolute atomic E-state index is 0.0612. The van der Waals surface area contributed by atoms with Gasteiger partial charge in [-0.05, 0) is 90.9 Å². The van der Waals surface area contributed by atoms with Crippen LogP contribution in [0.25, 0.3) is 0 Å². The van der Waals surface area contributed by atoms with Gasteiger partial charge in [-0.3, -0.25) is 9.59 Å². The number of carbonyl (C=O) groups excluding carboxylic acids is 1. The number of rotatable bonds is 5. The normalized spacial score (nSPS) is 47.1. The first-order valence-electron chi connectivity index (χ1n) is 13.6. The Kier molecular flexibility index (Phi) is 6.29. The Morgan fingerprint density at radius 3 is 2.34 bits per heavy atom. The predicted molar refractivity (Wildman–Crippen MR) is 137 cm³/mol. The van der Waals surface area contributed by atoms with Crippen LogP contribution in [-0.2, 0) is 9.59 Å². The molecule has 2 saturated carbocycles. The fraction of sp³-hybridized carbons (Fsp3) is 0.800. The molecule has 0 aromatic heterocycles. The molecule has 0 spiro atoms. The third-order valence-electron chi connectivity index (χ3n) is 11.8. The summed E-state index contributed by atoms with van der Waals surface area (Å²) in [4.78, 5) is 24.4. The van der Waals surface area contributed by atoms with Gasteiger partial charge in [-0.1, -0.05) is 59.8 Å². The maximum Gasteiger partial charge on any atom is 0.313 e. The Hall–Kier alpha value is -1.46. The van der Waals surface area contributed by atoms with E-state index in [-0.39, 0.29) is 39.3 Å². The van der Waals surface area contributed by atoms with E-state index in [1.165, 1.54) is 0 Å². The Morgan fingerprint density at radius 1 is 1.09 bits per heavy atom. The Balaban J connectivity index is 1.75. The van der Waals surface area contributed by atoms with Crippen molar-refractivity contribution in [2.45, 2.75) is 106 Å². The number of carboxylic acids is 1. The van der Waals surface area contributed by atoms with Crippen molar-refractivity contribution >= 4 is 11.8 Å². The Labute approximate surface area is 211 Å². The SMILES string of the molecule is CC(=O)[C@@H](C)CC[C@@]1(C(=O)O)C=C2C=C[C@@H]3[C@@]4(C)C[C@@H](O)[C@H](O)C(C)(C)[C@@H]4CC[C@@]3(C)[C@]2(C)CC1. The van der Waals surface area contributed by atoms with E-state index in [2.05, 4.69) is 46.8 Å². The van der Waals surface area contributed by atoms with Crippen LogP contribution in [0.4, 0.5) is 0 Å². The van der Waals surface area contributed by atoms with E-state index in [1.807, 2.05) is 13.0 Å². The van der Waals surface area contributed by atoms with Crippen LogP contribution in [0.5, 0.6) is 0 Å². The highest BCUT2D eigenvalue weighted by molar-refractivity contribution is 5.79. The van der Waals surface area contributed by atoms with E-state index in [0.717, 1.165) is 24.8 Å². The molecule has 0 aliphatic heterocycles. The van der Waals surface area contributed by atoms with Gasteiger partial charge in [-0.25, -0.2) is 0 Å². The van der Waals surface area contributed by atoms with Gasteiger partial charge in [-0.2, -0.15) is 0 Å². The van der Waals surface area contributed by atoms with Gasteiger partial charge in [0.2, 0.25) is 0 Å². The van der Waals surface area contributed by atoms with Crippen molar-refractivity contribution in [3.63, 3.8) is 0 Å². The molecule has 0 amide bonds. The van der Waals surface area contributed by atoms with Gasteiger partial charge < -0.3 is 15.3 Å². The monoisotopic (exact) mass is 486 g/mol. The zero-order chi connectivity index (χ0) is 26.2. The molecule has 0 aromatic carbocycles. The number of carboxylic acid groups (broad SMARTS) is 1. The van der Waals surface area contributed by atoms with Crippen molar-refractivity contribution in [1.82, 2.24) is 0 Å². The van der Waals surface area contributed by atoms with Gasteiger partial charge in [0.15, 0.2) is 0 Å². The third kappa shape index (κ3) is 3.62. The number of ketones is 1. The second-order valence-corrected chi connectivity index (χ2v) is 13.8. The molecule has 0 bridgehead atoms. The molecule has 0 heterocycles. The van der Waals surface area contributed by atoms with Gasteiger partial charge in [0.1, 0.15) is 5.78 Å². The lowest BCUT2D eigenvalue weighted by molar-refractivity contribution is -0.216. The summed E-state index contributed by atoms with van der Waals surface area (Å²) in [6.45, 7) is 14.7. The number of aliphatic hydroxyl groups excluding tert-OH is 2. The zero-order valence-corrected chi connectivity index (χ0v) is 22.7. The second-order valence-electron chi connectivity index (χ2n) is 13.8. The summed E-state index contributed by atoms with van der Waals surface area (Å²) in [6, 6.07) is 0. The van der Waals surface area contributed by atoms with Crippen molar-refractivity contribution in [3.05, 3.63) is 23.8 Å². The van der Waals surface area contributed by atoms with E-state index < -0.39 is 23.6 Å². The molecule has 5 nitrogen and oxygen atoms in total. The van der Waals surface area contributed by atoms with Crippen molar-refractivity contribution in [2.75, 3.05) is 0 Å². The molecular weight excluding hydrogens is 440 g/mol. The quantitative estimate of drug-likeness (QED) is 0.474. The zero-order valence-electron chi connectivity index (χ0n) is 22.7. The Bertz CT molecular complexity index is 964. The molecule has 3 N–H and O–H groups in total. The van der Waals surface area contributed by atoms with Crippen molar-refractivity contribution in [1.29, 1.82) is 0 Å². The number of hydrogen-bond donors (Lipinski definition) is 3. The third-order valence-corrected chi connectivity index (χ3v) is 11.8. The highest BCUT2D eigenvalue weighted by Gasteiger charge is 2.67. The molecular formula is C30H46O5. The maximum atomic E-state index is 12.6. The number of Topliss-reactive ketones (excluding diaryl/α,β-unsaturated/α-hetero) is 1. The molecule has 0 aromatic rings. The summed E-state index contributed by atoms with van der Waals surface area (Å²) in [6.07, 6.45) is 10.1. The summed E-state index contributed by atoms with van der Waals surface area (Å²) in [5, 5.41) is 32.0. The molecule has 196 valence electrons. The van der Waals surface area contributed by atoms with E-state index in [0.29, 0.717) is 31.6 Å². The first kappa shape index (κ1) is 26.6. The number of fused-ring (bicyclic) bond motifs is 5. The lowest BCUT2D eigenvalue weighted by Gasteiger charge is -2.69. The Morgan fingerprint density at radius 2 is 1.74 bits per heavy atom. The highest BCUT2D eigenvalue weighted by atomic mass is 16.4. The van der Waals surface area contributed by atoms with Crippen LogP contribution in [0, 0.1) is 44.8 Å². The van der Waals surface area contributed by atoms with E-state index in [4.69, 9.17) is 0 Å². The van der Waals surface area contributed by atoms with Gasteiger partial charge in [0.25, 0.3) is 0 Å². The maximum absolute atomic E-state index is 12.6. The number of aliphatic carboxylic acids is 1. The number of allylic oxidation sites excluding steroid dienone is 3. The van der Waals surface area contributed by atoms with Gasteiger partial charge in [0.05, 0.1) is 17.6 Å². The molecule has 4 rings (SSSR count). The van der Waals surface area contributed by atoms with Gasteiger partial charge in [-0.15, -0.1) is 0 Å². The standard InChI is InChI=1S/C30H46O5/c1-18(19(2)31)10-13-30(25(34)35)15-14-28(6)20(16-30)8-9-23-27(5)17-21(32)24(33)26(3,4)22(27)11-12-29(23,28)7/h8-9,16,18,21-24,32-33H,10-15,17H2,1-7H3,(H,34,35)/t18-,21+,22-,23+,24-,27-,28+,29+,30-/m0/s1. The minimum Gasteiger partial charge on any atom is -0.481 e. The van der Waals surface area contributed by atoms with Crippen LogP contribution < -0.4 is 0 Å². The fourth-order valence-corrected chi connectivity index (χ4v) is 9.02. The second kappa shape index (κ2) is 8.28. The lowest BCUT2D eigenvalue weighted by Crippen LogP contribution is -2.65. The number of carbonyl (C=O) groups is 2. The summed E-state index contributed by atoms with van der Waals surface area (Å²) in [7, 11) is 0. The molecule has 5 heteroatoms. The van der Waals surface area contributed by atoms with E-state index in [1.54, 1.807) is 6.92 Å². The molecule has 2 fully saturated rings. The van der Waals surface area contributed by atoms with Crippen LogP contribution in [0.1, 0.15) is 93.4 Å². The van der Waals surface area contributed by atoms with Gasteiger partial charge in [0, 0.05) is 5.92 Å². The fourth-order valence-electron chi connectivity index (χ4n) is 9.02. The summed E-state index contributed by atoms with van der Waals surface area (Å²) in [5.74, 6) is -0.259. The minimum atomic E-state index is -0.930. The average molecular weight is 487 g/mol. The average Bonchev–Trinajstić information content (AvgIpc) is 2.76. The van der Waals surface area contributed by atoms with Crippen molar-refractivity contribution < 1.29 is 24.9 Å². The van der Waals surface area contributed by atoms with Crippen LogP contribution in [0.3, 0.4) is 0 Å².